The number of aromatic nitrogens is 3. The van der Waals surface area contributed by atoms with Gasteiger partial charge in [-0.25, -0.2) is 4.68 Å². The first-order chi connectivity index (χ1) is 17.7. The van der Waals surface area contributed by atoms with E-state index in [2.05, 4.69) is 19.2 Å². The fraction of sp³-hybridized carbons (Fsp3) is 0.346. The molecule has 5 rings (SSSR count). The van der Waals surface area contributed by atoms with Crippen LogP contribution in [0.2, 0.25) is 0 Å². The fourth-order valence-corrected chi connectivity index (χ4v) is 5.63. The number of hydrogen-bond acceptors (Lipinski definition) is 9. The number of non-ortho nitro benzene ring substituents is 1. The second kappa shape index (κ2) is 9.55. The van der Waals surface area contributed by atoms with Gasteiger partial charge in [0.15, 0.2) is 17.3 Å². The lowest BCUT2D eigenvalue weighted by Gasteiger charge is -2.38. The number of carbonyl (C=O) groups excluding carboxylic acids is 1. The van der Waals surface area contributed by atoms with Gasteiger partial charge in [0.05, 0.1) is 19.1 Å². The Kier molecular flexibility index (Phi) is 6.40. The van der Waals surface area contributed by atoms with Crippen LogP contribution in [0.3, 0.4) is 0 Å². The molecule has 1 atom stereocenters. The lowest BCUT2D eigenvalue weighted by molar-refractivity contribution is -0.384. The molecule has 1 N–H and O–H groups in total. The first-order valence-electron chi connectivity index (χ1n) is 11.8. The summed E-state index contributed by atoms with van der Waals surface area (Å²) >= 11 is 1.43. The number of Topliss-reactive ketones (excluding diaryl/α,β-unsaturated/α-hetero) is 1. The molecule has 0 saturated heterocycles. The predicted molar refractivity (Wildman–Crippen MR) is 139 cm³/mol. The lowest BCUT2D eigenvalue weighted by atomic mass is 9.73. The number of hydrogen-bond donors (Lipinski definition) is 1. The number of benzene rings is 2. The summed E-state index contributed by atoms with van der Waals surface area (Å²) in [5.74, 6) is 2.36. The Morgan fingerprint density at radius 1 is 1.14 bits per heavy atom. The van der Waals surface area contributed by atoms with Crippen molar-refractivity contribution >= 4 is 29.2 Å². The number of nitro groups is 1. The second-order valence-corrected chi connectivity index (χ2v) is 10.8. The highest BCUT2D eigenvalue weighted by Gasteiger charge is 2.42. The van der Waals surface area contributed by atoms with Gasteiger partial charge >= 0.3 is 0 Å². The van der Waals surface area contributed by atoms with E-state index in [1.54, 1.807) is 31.0 Å². The van der Waals surface area contributed by atoms with E-state index in [0.717, 1.165) is 23.2 Å². The Hall–Kier alpha value is -3.86. The van der Waals surface area contributed by atoms with Crippen molar-refractivity contribution in [1.29, 1.82) is 0 Å². The van der Waals surface area contributed by atoms with Crippen LogP contribution in [0.4, 0.5) is 11.6 Å². The van der Waals surface area contributed by atoms with E-state index < -0.39 is 11.0 Å². The number of ether oxygens (including phenoxy) is 2. The van der Waals surface area contributed by atoms with Crippen molar-refractivity contribution in [3.05, 3.63) is 75.0 Å². The number of ketones is 1. The van der Waals surface area contributed by atoms with Crippen LogP contribution >= 0.6 is 11.8 Å². The predicted octanol–water partition coefficient (Wildman–Crippen LogP) is 5.15. The number of allylic oxidation sites excluding steroid dienone is 2. The molecule has 2 heterocycles. The average Bonchev–Trinajstić information content (AvgIpc) is 3.27. The topological polar surface area (TPSA) is 121 Å². The van der Waals surface area contributed by atoms with Gasteiger partial charge in [-0.1, -0.05) is 43.8 Å². The van der Waals surface area contributed by atoms with Crippen LogP contribution < -0.4 is 14.8 Å². The van der Waals surface area contributed by atoms with Crippen molar-refractivity contribution in [1.82, 2.24) is 14.8 Å². The quantitative estimate of drug-likeness (QED) is 0.255. The summed E-state index contributed by atoms with van der Waals surface area (Å²) in [5, 5.41) is 19.6. The van der Waals surface area contributed by atoms with E-state index in [1.807, 2.05) is 18.2 Å². The van der Waals surface area contributed by atoms with Gasteiger partial charge in [-0.3, -0.25) is 14.9 Å². The number of nitrogens with zero attached hydrogens (tertiary/aromatic N) is 4. The van der Waals surface area contributed by atoms with E-state index in [4.69, 9.17) is 19.6 Å². The van der Waals surface area contributed by atoms with Crippen molar-refractivity contribution in [3.63, 3.8) is 0 Å². The number of fused-ring (bicyclic) bond motifs is 1. The molecule has 1 aromatic heterocycles. The van der Waals surface area contributed by atoms with Crippen molar-refractivity contribution < 1.29 is 19.2 Å². The van der Waals surface area contributed by atoms with E-state index in [-0.39, 0.29) is 16.9 Å². The van der Waals surface area contributed by atoms with Crippen LogP contribution in [0, 0.1) is 15.5 Å². The minimum atomic E-state index is -0.462. The molecule has 0 amide bonds. The van der Waals surface area contributed by atoms with Gasteiger partial charge in [-0.15, -0.1) is 5.10 Å². The van der Waals surface area contributed by atoms with Crippen LogP contribution in [0.5, 0.6) is 11.5 Å². The molecule has 0 fully saturated rings. The molecule has 0 bridgehead atoms. The number of nitro benzene ring substituents is 1. The molecule has 0 spiro atoms. The summed E-state index contributed by atoms with van der Waals surface area (Å²) in [6.45, 7) is 4.18. The summed E-state index contributed by atoms with van der Waals surface area (Å²) in [5.41, 5.74) is 3.21. The summed E-state index contributed by atoms with van der Waals surface area (Å²) in [7, 11) is 3.16. The molecule has 0 radical (unpaired) electrons. The zero-order chi connectivity index (χ0) is 26.3. The van der Waals surface area contributed by atoms with E-state index in [9.17, 15) is 14.9 Å². The number of methoxy groups -OCH3 is 2. The zero-order valence-electron chi connectivity index (χ0n) is 21.0. The number of rotatable bonds is 7. The third kappa shape index (κ3) is 4.78. The number of nitrogens with one attached hydrogen (secondary N) is 1. The minimum absolute atomic E-state index is 0.0514. The standard InChI is InChI=1S/C26H27N5O5S/c1-26(2)12-18-22(19(32)13-26)23(16-7-10-20(35-3)21(11-16)36-4)30-24(27-18)28-25(29-30)37-14-15-5-8-17(9-6-15)31(33)34/h5-11,23H,12-14H2,1-4H3,(H,27,28,29). The van der Waals surface area contributed by atoms with Gasteiger partial charge in [0.25, 0.3) is 5.69 Å². The van der Waals surface area contributed by atoms with Crippen LogP contribution in [0.25, 0.3) is 0 Å². The third-order valence-corrected chi connectivity index (χ3v) is 7.46. The van der Waals surface area contributed by atoms with E-state index >= 15 is 0 Å². The van der Waals surface area contributed by atoms with Crippen LogP contribution in [-0.4, -0.2) is 39.7 Å². The van der Waals surface area contributed by atoms with E-state index in [0.29, 0.717) is 40.4 Å². The van der Waals surface area contributed by atoms with Crippen LogP contribution in [-0.2, 0) is 10.5 Å². The monoisotopic (exact) mass is 521 g/mol. The molecule has 0 saturated carbocycles. The highest BCUT2D eigenvalue weighted by molar-refractivity contribution is 7.98. The zero-order valence-corrected chi connectivity index (χ0v) is 21.8. The molecule has 1 aliphatic carbocycles. The average molecular weight is 522 g/mol. The van der Waals surface area contributed by atoms with Crippen molar-refractivity contribution in [2.75, 3.05) is 19.5 Å². The number of thioether (sulfide) groups is 1. The Morgan fingerprint density at radius 3 is 2.54 bits per heavy atom. The molecule has 2 aromatic carbocycles. The number of anilines is 1. The molecule has 2 aliphatic rings. The number of carbonyl (C=O) groups is 1. The van der Waals surface area contributed by atoms with Gasteiger partial charge in [-0.2, -0.15) is 4.98 Å². The molecule has 1 unspecified atom stereocenters. The lowest BCUT2D eigenvalue weighted by Crippen LogP contribution is -2.36. The van der Waals surface area contributed by atoms with Gasteiger partial charge in [0.1, 0.15) is 6.04 Å². The van der Waals surface area contributed by atoms with Gasteiger partial charge < -0.3 is 14.8 Å². The summed E-state index contributed by atoms with van der Waals surface area (Å²) < 4.78 is 12.7. The maximum absolute atomic E-state index is 13.4. The maximum atomic E-state index is 13.4. The molecular formula is C26H27N5O5S. The van der Waals surface area contributed by atoms with Crippen LogP contribution in [0.1, 0.15) is 43.9 Å². The first-order valence-corrected chi connectivity index (χ1v) is 12.8. The van der Waals surface area contributed by atoms with E-state index in [1.165, 1.54) is 23.9 Å². The largest absolute Gasteiger partial charge is 0.493 e. The maximum Gasteiger partial charge on any atom is 0.269 e. The molecule has 3 aromatic rings. The third-order valence-electron chi connectivity index (χ3n) is 6.55. The minimum Gasteiger partial charge on any atom is -0.493 e. The SMILES string of the molecule is COc1ccc(C2C3=C(CC(C)(C)CC3=O)Nc3nc(SCc4ccc([N+](=O)[O-])cc4)nn32)cc1OC. The Bertz CT molecular complexity index is 1410. The summed E-state index contributed by atoms with van der Waals surface area (Å²) in [6, 6.07) is 11.6. The Morgan fingerprint density at radius 2 is 1.86 bits per heavy atom. The fourth-order valence-electron chi connectivity index (χ4n) is 4.84. The second-order valence-electron chi connectivity index (χ2n) is 9.85. The normalized spacial score (nSPS) is 18.1. The molecule has 37 heavy (non-hydrogen) atoms. The van der Waals surface area contributed by atoms with Gasteiger partial charge in [0, 0.05) is 35.6 Å². The highest BCUT2D eigenvalue weighted by atomic mass is 32.2. The Balaban J connectivity index is 1.51. The van der Waals surface area contributed by atoms with Crippen LogP contribution in [0.15, 0.2) is 58.9 Å². The first kappa shape index (κ1) is 24.8. The molecular weight excluding hydrogens is 494 g/mol. The van der Waals surface area contributed by atoms with Crippen molar-refractivity contribution in [2.45, 2.75) is 43.6 Å². The molecule has 10 nitrogen and oxygen atoms in total. The summed E-state index contributed by atoms with van der Waals surface area (Å²) in [6.07, 6.45) is 1.17. The molecule has 11 heteroatoms. The molecule has 1 aliphatic heterocycles. The van der Waals surface area contributed by atoms with Crippen molar-refractivity contribution in [3.8, 4) is 11.5 Å². The highest BCUT2D eigenvalue weighted by Crippen LogP contribution is 2.46. The van der Waals surface area contributed by atoms with Crippen molar-refractivity contribution in [2.24, 2.45) is 5.41 Å². The summed E-state index contributed by atoms with van der Waals surface area (Å²) in [4.78, 5) is 28.7. The van der Waals surface area contributed by atoms with Gasteiger partial charge in [-0.05, 0) is 35.1 Å². The smallest absolute Gasteiger partial charge is 0.269 e. The molecule has 192 valence electrons. The van der Waals surface area contributed by atoms with Gasteiger partial charge in [0.2, 0.25) is 11.1 Å². The Labute approximate surface area is 218 Å².